The fourth-order valence-corrected chi connectivity index (χ4v) is 2.81. The first-order valence-corrected chi connectivity index (χ1v) is 7.77. The van der Waals surface area contributed by atoms with Gasteiger partial charge in [0, 0.05) is 32.4 Å². The zero-order chi connectivity index (χ0) is 15.2. The number of para-hydroxylation sites is 1. The molecule has 116 valence electrons. The minimum atomic E-state index is 0.924. The predicted molar refractivity (Wildman–Crippen MR) is 88.1 cm³/mol. The Morgan fingerprint density at radius 3 is 2.86 bits per heavy atom. The van der Waals surface area contributed by atoms with E-state index >= 15 is 0 Å². The van der Waals surface area contributed by atoms with Crippen LogP contribution in [0.4, 0.5) is 5.69 Å². The van der Waals surface area contributed by atoms with E-state index < -0.39 is 0 Å². The lowest BCUT2D eigenvalue weighted by Gasteiger charge is -2.22. The highest BCUT2D eigenvalue weighted by Crippen LogP contribution is 2.27. The molecular formula is C16H22N6. The number of anilines is 1. The largest absolute Gasteiger partial charge is 0.356 e. The number of benzene rings is 1. The van der Waals surface area contributed by atoms with Crippen LogP contribution in [0.3, 0.4) is 0 Å². The number of nitrogens with zero attached hydrogens (tertiary/aromatic N) is 5. The monoisotopic (exact) mass is 298 g/mol. The van der Waals surface area contributed by atoms with Gasteiger partial charge >= 0.3 is 0 Å². The SMILES string of the molecule is CN=C(NCCCCn1cnnc1)N1CCc2ccccc21. The van der Waals surface area contributed by atoms with Crippen molar-refractivity contribution in [3.63, 3.8) is 0 Å². The number of fused-ring (bicyclic) bond motifs is 1. The third kappa shape index (κ3) is 3.27. The van der Waals surface area contributed by atoms with E-state index in [4.69, 9.17) is 0 Å². The van der Waals surface area contributed by atoms with Crippen LogP contribution in [-0.2, 0) is 13.0 Å². The standard InChI is InChI=1S/C16H22N6/c1-17-16(18-9-4-5-10-21-12-19-20-13-21)22-11-8-14-6-2-3-7-15(14)22/h2-3,6-7,12-13H,4-5,8-11H2,1H3,(H,17,18). The van der Waals surface area contributed by atoms with Gasteiger partial charge in [0.15, 0.2) is 5.96 Å². The molecule has 6 nitrogen and oxygen atoms in total. The number of aromatic nitrogens is 3. The zero-order valence-corrected chi connectivity index (χ0v) is 12.9. The van der Waals surface area contributed by atoms with Crippen LogP contribution in [0, 0.1) is 0 Å². The molecule has 1 aliphatic rings. The van der Waals surface area contributed by atoms with Gasteiger partial charge in [0.2, 0.25) is 0 Å². The number of nitrogens with one attached hydrogen (secondary N) is 1. The van der Waals surface area contributed by atoms with Crippen molar-refractivity contribution in [2.45, 2.75) is 25.8 Å². The highest BCUT2D eigenvalue weighted by atomic mass is 15.3. The van der Waals surface area contributed by atoms with Crippen LogP contribution in [0.2, 0.25) is 0 Å². The van der Waals surface area contributed by atoms with Gasteiger partial charge in [-0.25, -0.2) is 0 Å². The Balaban J connectivity index is 1.47. The van der Waals surface area contributed by atoms with E-state index in [0.29, 0.717) is 0 Å². The second kappa shape index (κ2) is 7.06. The van der Waals surface area contributed by atoms with Crippen LogP contribution in [0.15, 0.2) is 41.9 Å². The summed E-state index contributed by atoms with van der Waals surface area (Å²) in [5.74, 6) is 0.967. The van der Waals surface area contributed by atoms with E-state index in [1.165, 1.54) is 11.3 Å². The minimum absolute atomic E-state index is 0.924. The lowest BCUT2D eigenvalue weighted by molar-refractivity contribution is 0.599. The van der Waals surface area contributed by atoms with Crippen molar-refractivity contribution in [3.05, 3.63) is 42.5 Å². The molecule has 0 radical (unpaired) electrons. The number of aryl methyl sites for hydroxylation is 1. The molecule has 1 N–H and O–H groups in total. The van der Waals surface area contributed by atoms with Gasteiger partial charge < -0.3 is 14.8 Å². The minimum Gasteiger partial charge on any atom is -0.356 e. The van der Waals surface area contributed by atoms with Gasteiger partial charge in [-0.15, -0.1) is 10.2 Å². The molecule has 0 saturated heterocycles. The molecule has 0 saturated carbocycles. The van der Waals surface area contributed by atoms with Crippen molar-refractivity contribution >= 4 is 11.6 Å². The lowest BCUT2D eigenvalue weighted by atomic mass is 10.2. The van der Waals surface area contributed by atoms with Crippen molar-refractivity contribution in [1.82, 2.24) is 20.1 Å². The molecule has 0 fully saturated rings. The van der Waals surface area contributed by atoms with E-state index in [2.05, 4.69) is 49.7 Å². The smallest absolute Gasteiger partial charge is 0.198 e. The summed E-state index contributed by atoms with van der Waals surface area (Å²) in [4.78, 5) is 6.70. The third-order valence-electron chi connectivity index (χ3n) is 3.95. The first-order chi connectivity index (χ1) is 10.9. The van der Waals surface area contributed by atoms with Crippen LogP contribution in [-0.4, -0.2) is 40.9 Å². The number of hydrogen-bond donors (Lipinski definition) is 1. The van der Waals surface area contributed by atoms with Crippen molar-refractivity contribution < 1.29 is 0 Å². The first-order valence-electron chi connectivity index (χ1n) is 7.77. The zero-order valence-electron chi connectivity index (χ0n) is 12.9. The summed E-state index contributed by atoms with van der Waals surface area (Å²) < 4.78 is 2.01. The fraction of sp³-hybridized carbons (Fsp3) is 0.438. The Morgan fingerprint density at radius 2 is 2.05 bits per heavy atom. The van der Waals surface area contributed by atoms with E-state index in [1.54, 1.807) is 12.7 Å². The van der Waals surface area contributed by atoms with E-state index in [-0.39, 0.29) is 0 Å². The van der Waals surface area contributed by atoms with E-state index in [1.807, 2.05) is 11.6 Å². The van der Waals surface area contributed by atoms with Crippen LogP contribution in [0.1, 0.15) is 18.4 Å². The number of aliphatic imine (C=N–C) groups is 1. The fourth-order valence-electron chi connectivity index (χ4n) is 2.81. The molecule has 2 aromatic rings. The molecule has 0 atom stereocenters. The molecule has 6 heteroatoms. The third-order valence-corrected chi connectivity index (χ3v) is 3.95. The molecule has 0 bridgehead atoms. The Hall–Kier alpha value is -2.37. The Kier molecular flexibility index (Phi) is 4.68. The topological polar surface area (TPSA) is 58.3 Å². The molecular weight excluding hydrogens is 276 g/mol. The number of unbranched alkanes of at least 4 members (excludes halogenated alkanes) is 1. The van der Waals surface area contributed by atoms with Crippen molar-refractivity contribution in [3.8, 4) is 0 Å². The average Bonchev–Trinajstić information content (AvgIpc) is 3.20. The Morgan fingerprint density at radius 1 is 1.23 bits per heavy atom. The van der Waals surface area contributed by atoms with Crippen molar-refractivity contribution in [2.75, 3.05) is 25.0 Å². The molecule has 2 heterocycles. The molecule has 0 spiro atoms. The van der Waals surface area contributed by atoms with Gasteiger partial charge in [-0.1, -0.05) is 18.2 Å². The van der Waals surface area contributed by atoms with Crippen LogP contribution in [0.5, 0.6) is 0 Å². The highest BCUT2D eigenvalue weighted by Gasteiger charge is 2.21. The molecule has 1 aromatic carbocycles. The molecule has 1 aliphatic heterocycles. The Labute approximate surface area is 130 Å². The summed E-state index contributed by atoms with van der Waals surface area (Å²) in [6, 6.07) is 8.55. The first kappa shape index (κ1) is 14.6. The number of hydrogen-bond acceptors (Lipinski definition) is 3. The van der Waals surface area contributed by atoms with Gasteiger partial charge in [-0.05, 0) is 30.9 Å². The maximum atomic E-state index is 4.42. The van der Waals surface area contributed by atoms with E-state index in [0.717, 1.165) is 44.9 Å². The van der Waals surface area contributed by atoms with Gasteiger partial charge in [0.1, 0.15) is 12.7 Å². The number of rotatable bonds is 5. The predicted octanol–water partition coefficient (Wildman–Crippen LogP) is 1.70. The van der Waals surface area contributed by atoms with Crippen molar-refractivity contribution in [2.24, 2.45) is 4.99 Å². The number of guanidine groups is 1. The lowest BCUT2D eigenvalue weighted by Crippen LogP contribution is -2.41. The van der Waals surface area contributed by atoms with Gasteiger partial charge in [0.05, 0.1) is 0 Å². The van der Waals surface area contributed by atoms with Gasteiger partial charge in [-0.2, -0.15) is 0 Å². The average molecular weight is 298 g/mol. The molecule has 0 amide bonds. The second-order valence-corrected chi connectivity index (χ2v) is 5.41. The summed E-state index contributed by atoms with van der Waals surface area (Å²) in [7, 11) is 1.85. The maximum Gasteiger partial charge on any atom is 0.198 e. The van der Waals surface area contributed by atoms with Crippen molar-refractivity contribution in [1.29, 1.82) is 0 Å². The van der Waals surface area contributed by atoms with E-state index in [9.17, 15) is 0 Å². The molecule has 1 aromatic heterocycles. The molecule has 0 unspecified atom stereocenters. The molecule has 22 heavy (non-hydrogen) atoms. The summed E-state index contributed by atoms with van der Waals surface area (Å²) in [5.41, 5.74) is 2.68. The van der Waals surface area contributed by atoms with Crippen LogP contribution in [0.25, 0.3) is 0 Å². The van der Waals surface area contributed by atoms with Gasteiger partial charge in [0.25, 0.3) is 0 Å². The maximum absolute atomic E-state index is 4.42. The quantitative estimate of drug-likeness (QED) is 0.518. The van der Waals surface area contributed by atoms with Crippen LogP contribution < -0.4 is 10.2 Å². The summed E-state index contributed by atoms with van der Waals surface area (Å²) in [5, 5.41) is 11.1. The summed E-state index contributed by atoms with van der Waals surface area (Å²) in [6.07, 6.45) is 6.79. The normalized spacial score (nSPS) is 14.2. The Bertz CT molecular complexity index is 619. The summed E-state index contributed by atoms with van der Waals surface area (Å²) >= 11 is 0. The summed E-state index contributed by atoms with van der Waals surface area (Å²) in [6.45, 7) is 2.88. The molecule has 3 rings (SSSR count). The molecule has 0 aliphatic carbocycles. The van der Waals surface area contributed by atoms with Gasteiger partial charge in [-0.3, -0.25) is 4.99 Å². The van der Waals surface area contributed by atoms with Crippen LogP contribution >= 0.6 is 0 Å². The second-order valence-electron chi connectivity index (χ2n) is 5.41. The highest BCUT2D eigenvalue weighted by molar-refractivity contribution is 5.97.